The molecule has 6 N–H and O–H groups in total. The first-order valence-corrected chi connectivity index (χ1v) is 6.08. The molecule has 0 spiro atoms. The fourth-order valence-electron chi connectivity index (χ4n) is 2.40. The Morgan fingerprint density at radius 1 is 1.35 bits per heavy atom. The molecule has 2 aromatic rings. The number of nitrogens with two attached hydrogens (primary N) is 1. The molecule has 0 radical (unpaired) electrons. The van der Waals surface area contributed by atoms with Crippen LogP contribution in [0.4, 0.5) is 5.82 Å². The number of hydrogen-bond acceptors (Lipinski definition) is 8. The molecule has 0 amide bonds. The van der Waals surface area contributed by atoms with Crippen molar-refractivity contribution in [2.75, 3.05) is 12.0 Å². The highest BCUT2D eigenvalue weighted by Gasteiger charge is 2.43. The molecule has 3 heterocycles. The van der Waals surface area contributed by atoms with Crippen LogP contribution in [0.5, 0.6) is 0 Å². The van der Waals surface area contributed by atoms with Crippen LogP contribution in [0.15, 0.2) is 18.6 Å². The van der Waals surface area contributed by atoms with Crippen LogP contribution in [0.25, 0.3) is 11.0 Å². The maximum Gasteiger partial charge on any atom is 0.164 e. The number of ether oxygens (including phenoxy) is 1. The normalized spacial score (nSPS) is 30.0. The highest BCUT2D eigenvalue weighted by Crippen LogP contribution is 2.32. The number of rotatable bonds is 3. The van der Waals surface area contributed by atoms with E-state index in [9.17, 15) is 10.2 Å². The van der Waals surface area contributed by atoms with E-state index in [1.54, 1.807) is 16.8 Å². The van der Waals surface area contributed by atoms with E-state index in [2.05, 4.69) is 15.4 Å². The zero-order chi connectivity index (χ0) is 14.3. The van der Waals surface area contributed by atoms with Gasteiger partial charge in [0.25, 0.3) is 0 Å². The smallest absolute Gasteiger partial charge is 0.164 e. The van der Waals surface area contributed by atoms with Crippen LogP contribution in [-0.2, 0) is 4.74 Å². The molecule has 0 aliphatic carbocycles. The second-order valence-electron chi connectivity index (χ2n) is 4.56. The summed E-state index contributed by atoms with van der Waals surface area (Å²) in [6.07, 6.45) is -1.000. The lowest BCUT2D eigenvalue weighted by molar-refractivity contribution is -0.0508. The fraction of sp³-hybridized carbons (Fsp3) is 0.455. The number of nitrogens with zero attached hydrogens (tertiary/aromatic N) is 3. The molecule has 0 unspecified atom stereocenters. The summed E-state index contributed by atoms with van der Waals surface area (Å²) in [6.45, 7) is -0.376. The summed E-state index contributed by atoms with van der Waals surface area (Å²) >= 11 is 0. The van der Waals surface area contributed by atoms with E-state index in [4.69, 9.17) is 15.7 Å². The van der Waals surface area contributed by atoms with Gasteiger partial charge >= 0.3 is 0 Å². The van der Waals surface area contributed by atoms with E-state index in [1.807, 2.05) is 0 Å². The van der Waals surface area contributed by atoms with E-state index in [0.717, 1.165) is 0 Å². The van der Waals surface area contributed by atoms with Gasteiger partial charge in [0.2, 0.25) is 0 Å². The number of hydrazine groups is 1. The lowest BCUT2D eigenvalue weighted by atomic mass is 10.1. The first-order chi connectivity index (χ1) is 9.67. The van der Waals surface area contributed by atoms with E-state index in [1.165, 1.54) is 6.33 Å². The van der Waals surface area contributed by atoms with Gasteiger partial charge in [0.15, 0.2) is 12.0 Å². The van der Waals surface area contributed by atoms with Crippen molar-refractivity contribution in [3.8, 4) is 0 Å². The zero-order valence-electron chi connectivity index (χ0n) is 10.4. The number of aliphatic hydroxyl groups is 3. The highest BCUT2D eigenvalue weighted by atomic mass is 16.6. The maximum atomic E-state index is 10.0. The summed E-state index contributed by atoms with van der Waals surface area (Å²) < 4.78 is 7.03. The Morgan fingerprint density at radius 3 is 2.80 bits per heavy atom. The molecule has 0 aromatic carbocycles. The summed E-state index contributed by atoms with van der Waals surface area (Å²) in [5, 5.41) is 29.6. The molecule has 3 rings (SSSR count). The molecular weight excluding hydrogens is 266 g/mol. The van der Waals surface area contributed by atoms with Gasteiger partial charge in [-0.2, -0.15) is 0 Å². The topological polar surface area (TPSA) is 139 Å². The van der Waals surface area contributed by atoms with Crippen molar-refractivity contribution in [3.63, 3.8) is 0 Å². The molecule has 1 aliphatic rings. The van der Waals surface area contributed by atoms with Crippen LogP contribution in [0, 0.1) is 0 Å². The van der Waals surface area contributed by atoms with Crippen LogP contribution in [0.1, 0.15) is 6.23 Å². The Balaban J connectivity index is 2.03. The van der Waals surface area contributed by atoms with Crippen LogP contribution in [0.2, 0.25) is 0 Å². The van der Waals surface area contributed by atoms with Crippen molar-refractivity contribution >= 4 is 16.9 Å². The first kappa shape index (κ1) is 13.2. The van der Waals surface area contributed by atoms with Gasteiger partial charge in [-0.15, -0.1) is 0 Å². The molecule has 1 aliphatic heterocycles. The minimum absolute atomic E-state index is 0.376. The molecule has 9 nitrogen and oxygen atoms in total. The Morgan fingerprint density at radius 2 is 2.15 bits per heavy atom. The Hall–Kier alpha value is -1.78. The van der Waals surface area contributed by atoms with Crippen molar-refractivity contribution in [1.82, 2.24) is 14.5 Å². The molecule has 4 atom stereocenters. The molecule has 9 heteroatoms. The van der Waals surface area contributed by atoms with Gasteiger partial charge in [-0.05, 0) is 6.07 Å². The highest BCUT2D eigenvalue weighted by molar-refractivity contribution is 5.87. The van der Waals surface area contributed by atoms with E-state index >= 15 is 0 Å². The molecule has 1 fully saturated rings. The molecule has 0 bridgehead atoms. The summed E-state index contributed by atoms with van der Waals surface area (Å²) in [7, 11) is 0. The molecule has 20 heavy (non-hydrogen) atoms. The number of hydrogen-bond donors (Lipinski definition) is 5. The standard InChI is InChI=1S/C11H15N5O4/c12-15-9-5-1-2-16(10(5)14-4-13-9)11-8(19)7(18)6(3-17)20-11/h1-2,4,6-8,11,17-19H,3,12H2,(H,13,14,15)/t6-,7+,8-,11+/m0/s1. The second-order valence-corrected chi connectivity index (χ2v) is 4.56. The fourth-order valence-corrected chi connectivity index (χ4v) is 2.40. The van der Waals surface area contributed by atoms with Crippen molar-refractivity contribution < 1.29 is 20.1 Å². The van der Waals surface area contributed by atoms with Crippen LogP contribution in [0.3, 0.4) is 0 Å². The Kier molecular flexibility index (Phi) is 3.28. The summed E-state index contributed by atoms with van der Waals surface area (Å²) in [5.41, 5.74) is 2.96. The lowest BCUT2D eigenvalue weighted by Crippen LogP contribution is -2.33. The zero-order valence-corrected chi connectivity index (χ0v) is 10.4. The molecule has 0 saturated carbocycles. The molecule has 2 aromatic heterocycles. The number of aromatic nitrogens is 3. The third-order valence-electron chi connectivity index (χ3n) is 3.44. The number of fused-ring (bicyclic) bond motifs is 1. The van der Waals surface area contributed by atoms with Crippen LogP contribution < -0.4 is 11.3 Å². The van der Waals surface area contributed by atoms with Gasteiger partial charge in [0.1, 0.15) is 30.3 Å². The SMILES string of the molecule is NNc1ncnc2c1ccn2[C@@H]1O[C@@H](CO)[C@@H](O)[C@@H]1O. The Labute approximate surface area is 113 Å². The largest absolute Gasteiger partial charge is 0.394 e. The molecule has 1 saturated heterocycles. The van der Waals surface area contributed by atoms with Gasteiger partial charge in [0, 0.05) is 6.20 Å². The third-order valence-corrected chi connectivity index (χ3v) is 3.44. The maximum absolute atomic E-state index is 10.0. The van der Waals surface area contributed by atoms with E-state index in [0.29, 0.717) is 16.9 Å². The van der Waals surface area contributed by atoms with Gasteiger partial charge in [0.05, 0.1) is 12.0 Å². The van der Waals surface area contributed by atoms with Gasteiger partial charge < -0.3 is 30.0 Å². The predicted molar refractivity (Wildman–Crippen MR) is 68.3 cm³/mol. The number of nitrogens with one attached hydrogen (secondary N) is 1. The third kappa shape index (κ3) is 1.84. The van der Waals surface area contributed by atoms with Gasteiger partial charge in [-0.1, -0.05) is 0 Å². The quantitative estimate of drug-likeness (QED) is 0.332. The number of aliphatic hydroxyl groups excluding tert-OH is 3. The second kappa shape index (κ2) is 4.96. The average molecular weight is 281 g/mol. The summed E-state index contributed by atoms with van der Waals surface area (Å²) in [6, 6.07) is 1.72. The van der Waals surface area contributed by atoms with Crippen LogP contribution >= 0.6 is 0 Å². The van der Waals surface area contributed by atoms with E-state index < -0.39 is 24.5 Å². The summed E-state index contributed by atoms with van der Waals surface area (Å²) in [4.78, 5) is 8.10. The predicted octanol–water partition coefficient (Wildman–Crippen LogP) is -1.67. The summed E-state index contributed by atoms with van der Waals surface area (Å²) in [5.74, 6) is 5.81. The Bertz CT molecular complexity index is 618. The van der Waals surface area contributed by atoms with Crippen molar-refractivity contribution in [2.45, 2.75) is 24.5 Å². The molecule has 108 valence electrons. The van der Waals surface area contributed by atoms with Crippen molar-refractivity contribution in [1.29, 1.82) is 0 Å². The first-order valence-electron chi connectivity index (χ1n) is 6.08. The minimum Gasteiger partial charge on any atom is -0.394 e. The minimum atomic E-state index is -1.16. The average Bonchev–Trinajstić information content (AvgIpc) is 3.01. The van der Waals surface area contributed by atoms with Gasteiger partial charge in [-0.25, -0.2) is 15.8 Å². The van der Waals surface area contributed by atoms with Crippen molar-refractivity contribution in [2.24, 2.45) is 5.84 Å². The lowest BCUT2D eigenvalue weighted by Gasteiger charge is -2.17. The van der Waals surface area contributed by atoms with Gasteiger partial charge in [-0.3, -0.25) is 0 Å². The monoisotopic (exact) mass is 281 g/mol. The van der Waals surface area contributed by atoms with Crippen molar-refractivity contribution in [3.05, 3.63) is 18.6 Å². The van der Waals surface area contributed by atoms with Crippen LogP contribution in [-0.4, -0.2) is 54.8 Å². The van der Waals surface area contributed by atoms with E-state index in [-0.39, 0.29) is 6.61 Å². The number of nitrogen functional groups attached to an aromatic ring is 1. The molecular formula is C11H15N5O4. The number of anilines is 1.